The molecule has 0 radical (unpaired) electrons. The standard InChI is InChI=1S/C14H20N2O4S/c1-4-14(5-2,21-3)9-15-12-10(13(17)18)7-6-8-11(12)16(19)20/h6-8,15H,4-5,9H2,1-3H3,(H,17,18). The molecule has 0 spiro atoms. The van der Waals surface area contributed by atoms with E-state index in [0.29, 0.717) is 6.54 Å². The van der Waals surface area contributed by atoms with Crippen LogP contribution in [0.25, 0.3) is 0 Å². The Morgan fingerprint density at radius 2 is 2.05 bits per heavy atom. The molecule has 1 rings (SSSR count). The number of aromatic carboxylic acids is 1. The average molecular weight is 312 g/mol. The van der Waals surface area contributed by atoms with Crippen LogP contribution in [-0.4, -0.2) is 33.5 Å². The summed E-state index contributed by atoms with van der Waals surface area (Å²) in [6, 6.07) is 4.07. The second-order valence-electron chi connectivity index (χ2n) is 4.71. The molecule has 0 atom stereocenters. The van der Waals surface area contributed by atoms with Gasteiger partial charge in [-0.05, 0) is 25.2 Å². The fourth-order valence-electron chi connectivity index (χ4n) is 2.17. The summed E-state index contributed by atoms with van der Waals surface area (Å²) in [4.78, 5) is 21.8. The van der Waals surface area contributed by atoms with Crippen LogP contribution in [0.5, 0.6) is 0 Å². The number of hydrogen-bond donors (Lipinski definition) is 2. The molecule has 0 aliphatic rings. The van der Waals surface area contributed by atoms with Crippen molar-refractivity contribution in [2.75, 3.05) is 18.1 Å². The van der Waals surface area contributed by atoms with E-state index in [9.17, 15) is 20.0 Å². The van der Waals surface area contributed by atoms with Gasteiger partial charge in [0.15, 0.2) is 0 Å². The van der Waals surface area contributed by atoms with Gasteiger partial charge in [0, 0.05) is 17.4 Å². The van der Waals surface area contributed by atoms with Crippen LogP contribution in [0.4, 0.5) is 11.4 Å². The SMILES string of the molecule is CCC(CC)(CNc1c(C(=O)O)cccc1[N+](=O)[O-])SC. The fourth-order valence-corrected chi connectivity index (χ4v) is 2.96. The molecule has 0 fully saturated rings. The van der Waals surface area contributed by atoms with E-state index in [-0.39, 0.29) is 21.7 Å². The highest BCUT2D eigenvalue weighted by atomic mass is 32.2. The number of thioether (sulfide) groups is 1. The summed E-state index contributed by atoms with van der Waals surface area (Å²) in [5, 5.41) is 23.3. The quantitative estimate of drug-likeness (QED) is 0.562. The zero-order chi connectivity index (χ0) is 16.0. The van der Waals surface area contributed by atoms with Crippen molar-refractivity contribution in [3.63, 3.8) is 0 Å². The Balaban J connectivity index is 3.17. The van der Waals surface area contributed by atoms with Gasteiger partial charge in [0.2, 0.25) is 0 Å². The maximum absolute atomic E-state index is 11.3. The highest BCUT2D eigenvalue weighted by Crippen LogP contribution is 2.34. The van der Waals surface area contributed by atoms with Crippen LogP contribution in [0.1, 0.15) is 37.0 Å². The van der Waals surface area contributed by atoms with Crippen LogP contribution in [-0.2, 0) is 0 Å². The van der Waals surface area contributed by atoms with Gasteiger partial charge in [-0.1, -0.05) is 19.9 Å². The molecular formula is C14H20N2O4S. The highest BCUT2D eigenvalue weighted by Gasteiger charge is 2.28. The molecule has 0 amide bonds. The Kier molecular flexibility index (Phi) is 6.02. The maximum atomic E-state index is 11.3. The molecule has 6 nitrogen and oxygen atoms in total. The van der Waals surface area contributed by atoms with E-state index in [1.54, 1.807) is 11.8 Å². The molecule has 1 aromatic carbocycles. The lowest BCUT2D eigenvalue weighted by Gasteiger charge is -2.30. The predicted octanol–water partition coefficient (Wildman–Crippen LogP) is 3.63. The summed E-state index contributed by atoms with van der Waals surface area (Å²) in [5.74, 6) is -1.18. The van der Waals surface area contributed by atoms with Crippen molar-refractivity contribution < 1.29 is 14.8 Å². The number of para-hydroxylation sites is 1. The number of carboxylic acids is 1. The first kappa shape index (κ1) is 17.3. The first-order chi connectivity index (χ1) is 9.90. The number of nitrogens with one attached hydrogen (secondary N) is 1. The van der Waals surface area contributed by atoms with Gasteiger partial charge in [-0.3, -0.25) is 10.1 Å². The number of carboxylic acid groups (broad SMARTS) is 1. The second-order valence-corrected chi connectivity index (χ2v) is 5.98. The Morgan fingerprint density at radius 1 is 1.43 bits per heavy atom. The van der Waals surface area contributed by atoms with Crippen molar-refractivity contribution in [1.82, 2.24) is 0 Å². The third-order valence-corrected chi connectivity index (χ3v) is 5.37. The Labute approximate surface area is 128 Å². The minimum atomic E-state index is -1.18. The van der Waals surface area contributed by atoms with E-state index in [0.717, 1.165) is 12.8 Å². The molecule has 21 heavy (non-hydrogen) atoms. The molecule has 0 heterocycles. The molecule has 116 valence electrons. The van der Waals surface area contributed by atoms with Gasteiger partial charge in [-0.15, -0.1) is 0 Å². The molecule has 0 aliphatic heterocycles. The minimum Gasteiger partial charge on any atom is -0.478 e. The van der Waals surface area contributed by atoms with Crippen molar-refractivity contribution in [3.05, 3.63) is 33.9 Å². The third kappa shape index (κ3) is 3.87. The number of anilines is 1. The third-order valence-electron chi connectivity index (χ3n) is 3.78. The van der Waals surface area contributed by atoms with Crippen LogP contribution in [0, 0.1) is 10.1 Å². The average Bonchev–Trinajstić information content (AvgIpc) is 2.48. The summed E-state index contributed by atoms with van der Waals surface area (Å²) in [6.45, 7) is 4.59. The van der Waals surface area contributed by atoms with E-state index < -0.39 is 10.9 Å². The second kappa shape index (κ2) is 7.31. The van der Waals surface area contributed by atoms with Gasteiger partial charge >= 0.3 is 5.97 Å². The maximum Gasteiger partial charge on any atom is 0.338 e. The molecular weight excluding hydrogens is 292 g/mol. The van der Waals surface area contributed by atoms with Gasteiger partial charge < -0.3 is 10.4 Å². The van der Waals surface area contributed by atoms with Crippen LogP contribution in [0.15, 0.2) is 18.2 Å². The van der Waals surface area contributed by atoms with Crippen LogP contribution in [0.2, 0.25) is 0 Å². The number of carbonyl (C=O) groups is 1. The monoisotopic (exact) mass is 312 g/mol. The summed E-state index contributed by atoms with van der Waals surface area (Å²) >= 11 is 1.69. The van der Waals surface area contributed by atoms with Crippen LogP contribution in [0.3, 0.4) is 0 Å². The fraction of sp³-hybridized carbons (Fsp3) is 0.500. The van der Waals surface area contributed by atoms with E-state index in [1.165, 1.54) is 18.2 Å². The smallest absolute Gasteiger partial charge is 0.338 e. The van der Waals surface area contributed by atoms with Crippen LogP contribution < -0.4 is 5.32 Å². The van der Waals surface area contributed by atoms with Gasteiger partial charge in [-0.2, -0.15) is 11.8 Å². The van der Waals surface area contributed by atoms with Gasteiger partial charge in [0.25, 0.3) is 5.69 Å². The molecule has 0 saturated carbocycles. The van der Waals surface area contributed by atoms with Gasteiger partial charge in [-0.25, -0.2) is 4.79 Å². The largest absolute Gasteiger partial charge is 0.478 e. The topological polar surface area (TPSA) is 92.5 Å². The molecule has 1 aromatic rings. The number of rotatable bonds is 8. The van der Waals surface area contributed by atoms with E-state index >= 15 is 0 Å². The van der Waals surface area contributed by atoms with Crippen molar-refractivity contribution >= 4 is 29.1 Å². The Hall–Kier alpha value is -1.76. The van der Waals surface area contributed by atoms with Crippen molar-refractivity contribution in [2.45, 2.75) is 31.4 Å². The molecule has 2 N–H and O–H groups in total. The van der Waals surface area contributed by atoms with Crippen molar-refractivity contribution in [1.29, 1.82) is 0 Å². The van der Waals surface area contributed by atoms with Crippen LogP contribution >= 0.6 is 11.8 Å². The molecule has 0 bridgehead atoms. The number of benzene rings is 1. The number of nitrogens with zero attached hydrogens (tertiary/aromatic N) is 1. The first-order valence-electron chi connectivity index (χ1n) is 6.70. The van der Waals surface area contributed by atoms with E-state index in [2.05, 4.69) is 19.2 Å². The summed E-state index contributed by atoms with van der Waals surface area (Å²) in [7, 11) is 0. The molecule has 0 saturated heterocycles. The molecule has 0 aromatic heterocycles. The summed E-state index contributed by atoms with van der Waals surface area (Å²) in [6.07, 6.45) is 3.77. The number of nitro groups is 1. The normalized spacial score (nSPS) is 11.2. The first-order valence-corrected chi connectivity index (χ1v) is 7.93. The predicted molar refractivity (Wildman–Crippen MR) is 85.4 cm³/mol. The lowest BCUT2D eigenvalue weighted by Crippen LogP contribution is -2.32. The number of nitro benzene ring substituents is 1. The van der Waals surface area contributed by atoms with Gasteiger partial charge in [0.05, 0.1) is 10.5 Å². The van der Waals surface area contributed by atoms with Gasteiger partial charge in [0.1, 0.15) is 5.69 Å². The Bertz CT molecular complexity index is 489. The zero-order valence-corrected chi connectivity index (χ0v) is 13.2. The highest BCUT2D eigenvalue weighted by molar-refractivity contribution is 8.00. The zero-order valence-electron chi connectivity index (χ0n) is 12.4. The van der Waals surface area contributed by atoms with Crippen molar-refractivity contribution in [2.24, 2.45) is 0 Å². The molecule has 0 aliphatic carbocycles. The lowest BCUT2D eigenvalue weighted by atomic mass is 10.0. The minimum absolute atomic E-state index is 0.0700. The van der Waals surface area contributed by atoms with E-state index in [4.69, 9.17) is 0 Å². The lowest BCUT2D eigenvalue weighted by molar-refractivity contribution is -0.384. The van der Waals surface area contributed by atoms with E-state index in [1.807, 2.05) is 6.26 Å². The molecule has 7 heteroatoms. The summed E-state index contributed by atoms with van der Waals surface area (Å²) in [5.41, 5.74) is -0.209. The molecule has 0 unspecified atom stereocenters. The Morgan fingerprint density at radius 3 is 2.48 bits per heavy atom. The summed E-state index contributed by atoms with van der Waals surface area (Å²) < 4.78 is -0.0700. The van der Waals surface area contributed by atoms with Crippen molar-refractivity contribution in [3.8, 4) is 0 Å². The number of hydrogen-bond acceptors (Lipinski definition) is 5.